The number of nitrogens with zero attached hydrogens (tertiary/aromatic N) is 1. The molecule has 2 aromatic rings. The number of hydrogen-bond donors (Lipinski definition) is 1. The number of halogens is 2. The molecule has 180 valence electrons. The van der Waals surface area contributed by atoms with Crippen molar-refractivity contribution in [3.8, 4) is 5.75 Å². The molecular formula is C26H34Cl2N2O3. The number of rotatable bonds is 9. The molecule has 0 aliphatic carbocycles. The van der Waals surface area contributed by atoms with Gasteiger partial charge in [-0.2, -0.15) is 0 Å². The van der Waals surface area contributed by atoms with Crippen LogP contribution in [-0.2, 0) is 16.1 Å². The van der Waals surface area contributed by atoms with Gasteiger partial charge in [0, 0.05) is 27.7 Å². The third-order valence-electron chi connectivity index (χ3n) is 5.18. The van der Waals surface area contributed by atoms with Gasteiger partial charge in [-0.25, -0.2) is 0 Å². The Morgan fingerprint density at radius 3 is 2.09 bits per heavy atom. The van der Waals surface area contributed by atoms with Gasteiger partial charge in [-0.15, -0.1) is 0 Å². The fraction of sp³-hybridized carbons (Fsp3) is 0.462. The number of carbonyl (C=O) groups excluding carboxylic acids is 2. The Kier molecular flexibility index (Phi) is 9.62. The van der Waals surface area contributed by atoms with Crippen LogP contribution in [0.25, 0.3) is 0 Å². The third-order valence-corrected chi connectivity index (χ3v) is 5.89. The molecule has 2 amide bonds. The monoisotopic (exact) mass is 492 g/mol. The summed E-state index contributed by atoms with van der Waals surface area (Å²) in [5.41, 5.74) is 1.35. The van der Waals surface area contributed by atoms with E-state index in [-0.39, 0.29) is 25.0 Å². The Bertz CT molecular complexity index is 933. The van der Waals surface area contributed by atoms with E-state index in [2.05, 4.69) is 19.2 Å². The van der Waals surface area contributed by atoms with Crippen molar-refractivity contribution in [1.82, 2.24) is 10.2 Å². The van der Waals surface area contributed by atoms with Crippen LogP contribution in [0, 0.1) is 0 Å². The fourth-order valence-corrected chi connectivity index (χ4v) is 3.92. The predicted octanol–water partition coefficient (Wildman–Crippen LogP) is 6.22. The molecule has 0 spiro atoms. The zero-order valence-corrected chi connectivity index (χ0v) is 21.8. The highest BCUT2D eigenvalue weighted by Gasteiger charge is 2.31. The van der Waals surface area contributed by atoms with E-state index >= 15 is 0 Å². The first-order valence-corrected chi connectivity index (χ1v) is 12.0. The lowest BCUT2D eigenvalue weighted by molar-refractivity contribution is -0.143. The van der Waals surface area contributed by atoms with E-state index in [9.17, 15) is 9.59 Å². The maximum absolute atomic E-state index is 13.3. The zero-order chi connectivity index (χ0) is 24.8. The SMILES string of the molecule is CC[C@H](C(=O)NC(C)(C)C)N(Cc1c(Cl)cccc1Cl)C(=O)COc1ccc(C(C)C)cc1. The van der Waals surface area contributed by atoms with Crippen LogP contribution >= 0.6 is 23.2 Å². The minimum absolute atomic E-state index is 0.100. The van der Waals surface area contributed by atoms with Gasteiger partial charge in [0.05, 0.1) is 0 Å². The van der Waals surface area contributed by atoms with E-state index in [0.29, 0.717) is 33.7 Å². The van der Waals surface area contributed by atoms with E-state index in [1.54, 1.807) is 18.2 Å². The van der Waals surface area contributed by atoms with Crippen molar-refractivity contribution in [3.63, 3.8) is 0 Å². The normalized spacial score (nSPS) is 12.4. The number of hydrogen-bond acceptors (Lipinski definition) is 3. The molecule has 33 heavy (non-hydrogen) atoms. The maximum Gasteiger partial charge on any atom is 0.261 e. The summed E-state index contributed by atoms with van der Waals surface area (Å²) in [7, 11) is 0. The first kappa shape index (κ1) is 27.0. The largest absolute Gasteiger partial charge is 0.484 e. The Morgan fingerprint density at radius 1 is 1.03 bits per heavy atom. The van der Waals surface area contributed by atoms with Gasteiger partial charge in [0.15, 0.2) is 6.61 Å². The van der Waals surface area contributed by atoms with Crippen LogP contribution in [0.1, 0.15) is 65.0 Å². The topological polar surface area (TPSA) is 58.6 Å². The molecule has 1 N–H and O–H groups in total. The summed E-state index contributed by atoms with van der Waals surface area (Å²) in [6.45, 7) is 11.7. The summed E-state index contributed by atoms with van der Waals surface area (Å²) in [4.78, 5) is 27.9. The second-order valence-electron chi connectivity index (χ2n) is 9.40. The quantitative estimate of drug-likeness (QED) is 0.451. The van der Waals surface area contributed by atoms with E-state index in [1.807, 2.05) is 52.0 Å². The molecule has 2 rings (SSSR count). The summed E-state index contributed by atoms with van der Waals surface area (Å²) < 4.78 is 5.77. The van der Waals surface area contributed by atoms with Crippen molar-refractivity contribution in [1.29, 1.82) is 0 Å². The van der Waals surface area contributed by atoms with Gasteiger partial charge in [-0.05, 0) is 62.9 Å². The van der Waals surface area contributed by atoms with Crippen molar-refractivity contribution in [2.45, 2.75) is 72.0 Å². The highest BCUT2D eigenvalue weighted by Crippen LogP contribution is 2.27. The van der Waals surface area contributed by atoms with Crippen LogP contribution in [0.5, 0.6) is 5.75 Å². The molecule has 0 aliphatic rings. The van der Waals surface area contributed by atoms with Crippen molar-refractivity contribution < 1.29 is 14.3 Å². The summed E-state index contributed by atoms with van der Waals surface area (Å²) in [5, 5.41) is 3.85. The number of benzene rings is 2. The summed E-state index contributed by atoms with van der Waals surface area (Å²) >= 11 is 12.7. The van der Waals surface area contributed by atoms with Gasteiger partial charge in [0.2, 0.25) is 5.91 Å². The standard InChI is InChI=1S/C26H34Cl2N2O3/c1-7-23(25(32)29-26(4,5)6)30(15-20-21(27)9-8-10-22(20)28)24(31)16-33-19-13-11-18(12-14-19)17(2)3/h8-14,17,23H,7,15-16H2,1-6H3,(H,29,32)/t23-/m1/s1. The minimum atomic E-state index is -0.698. The van der Waals surface area contributed by atoms with Crippen molar-refractivity contribution in [2.75, 3.05) is 6.61 Å². The maximum atomic E-state index is 13.3. The lowest BCUT2D eigenvalue weighted by Gasteiger charge is -2.33. The van der Waals surface area contributed by atoms with Crippen LogP contribution in [-0.4, -0.2) is 34.9 Å². The van der Waals surface area contributed by atoms with Crippen LogP contribution in [0.3, 0.4) is 0 Å². The summed E-state index contributed by atoms with van der Waals surface area (Å²) in [6, 6.07) is 12.1. The number of carbonyl (C=O) groups is 2. The molecule has 0 aromatic heterocycles. The zero-order valence-electron chi connectivity index (χ0n) is 20.2. The summed E-state index contributed by atoms with van der Waals surface area (Å²) in [6.07, 6.45) is 0.429. The molecule has 1 atom stereocenters. The smallest absolute Gasteiger partial charge is 0.261 e. The van der Waals surface area contributed by atoms with Gasteiger partial charge in [-0.3, -0.25) is 9.59 Å². The van der Waals surface area contributed by atoms with Gasteiger partial charge in [0.1, 0.15) is 11.8 Å². The van der Waals surface area contributed by atoms with E-state index in [4.69, 9.17) is 27.9 Å². The fourth-order valence-electron chi connectivity index (χ4n) is 3.40. The van der Waals surface area contributed by atoms with Crippen molar-refractivity contribution in [3.05, 3.63) is 63.6 Å². The van der Waals surface area contributed by atoms with Crippen LogP contribution in [0.15, 0.2) is 42.5 Å². The molecule has 5 nitrogen and oxygen atoms in total. The van der Waals surface area contributed by atoms with Gasteiger partial charge in [0.25, 0.3) is 5.91 Å². The van der Waals surface area contributed by atoms with Crippen LogP contribution in [0.2, 0.25) is 10.0 Å². The number of ether oxygens (including phenoxy) is 1. The van der Waals surface area contributed by atoms with Crippen LogP contribution in [0.4, 0.5) is 0 Å². The molecule has 0 bridgehead atoms. The molecule has 0 saturated heterocycles. The molecule has 0 unspecified atom stereocenters. The molecular weight excluding hydrogens is 459 g/mol. The molecule has 0 heterocycles. The first-order valence-electron chi connectivity index (χ1n) is 11.2. The lowest BCUT2D eigenvalue weighted by Crippen LogP contribution is -2.54. The van der Waals surface area contributed by atoms with Gasteiger partial charge in [-0.1, -0.05) is 62.2 Å². The predicted molar refractivity (Wildman–Crippen MR) is 135 cm³/mol. The van der Waals surface area contributed by atoms with Crippen molar-refractivity contribution >= 4 is 35.0 Å². The molecule has 2 aromatic carbocycles. The van der Waals surface area contributed by atoms with E-state index in [0.717, 1.165) is 0 Å². The molecule has 0 aliphatic heterocycles. The van der Waals surface area contributed by atoms with E-state index in [1.165, 1.54) is 10.5 Å². The second kappa shape index (κ2) is 11.8. The molecule has 7 heteroatoms. The Morgan fingerprint density at radius 2 is 1.61 bits per heavy atom. The Labute approximate surface area is 207 Å². The highest BCUT2D eigenvalue weighted by atomic mass is 35.5. The average molecular weight is 493 g/mol. The average Bonchev–Trinajstić information content (AvgIpc) is 2.73. The van der Waals surface area contributed by atoms with Crippen LogP contribution < -0.4 is 10.1 Å². The second-order valence-corrected chi connectivity index (χ2v) is 10.2. The third kappa shape index (κ3) is 7.94. The minimum Gasteiger partial charge on any atom is -0.484 e. The molecule has 0 radical (unpaired) electrons. The number of nitrogens with one attached hydrogen (secondary N) is 1. The van der Waals surface area contributed by atoms with Gasteiger partial charge >= 0.3 is 0 Å². The molecule has 0 fully saturated rings. The van der Waals surface area contributed by atoms with Gasteiger partial charge < -0.3 is 15.0 Å². The molecule has 0 saturated carbocycles. The number of amides is 2. The van der Waals surface area contributed by atoms with E-state index < -0.39 is 11.6 Å². The van der Waals surface area contributed by atoms with Crippen molar-refractivity contribution in [2.24, 2.45) is 0 Å². The Hall–Kier alpha value is -2.24. The highest BCUT2D eigenvalue weighted by molar-refractivity contribution is 6.36. The first-order chi connectivity index (χ1) is 15.4. The summed E-state index contributed by atoms with van der Waals surface area (Å²) in [5.74, 6) is 0.441. The Balaban J connectivity index is 2.28. The lowest BCUT2D eigenvalue weighted by atomic mass is 10.0.